The maximum atomic E-state index is 11.7. The van der Waals surface area contributed by atoms with E-state index in [1.807, 2.05) is 19.3 Å². The van der Waals surface area contributed by atoms with Crippen LogP contribution in [-0.2, 0) is 17.8 Å². The minimum Gasteiger partial charge on any atom is -0.381 e. The van der Waals surface area contributed by atoms with Crippen molar-refractivity contribution < 1.29 is 4.74 Å². The van der Waals surface area contributed by atoms with Crippen LogP contribution in [0.5, 0.6) is 0 Å². The maximum absolute atomic E-state index is 11.7. The first kappa shape index (κ1) is 9.52. The molecule has 1 aliphatic rings. The van der Waals surface area contributed by atoms with Crippen molar-refractivity contribution >= 4 is 0 Å². The first-order valence-electron chi connectivity index (χ1n) is 5.14. The SMILES string of the molecule is CCn1ccn(CC2CCOC2)c1=O. The van der Waals surface area contributed by atoms with E-state index < -0.39 is 0 Å². The van der Waals surface area contributed by atoms with Gasteiger partial charge < -0.3 is 4.74 Å². The Bertz CT molecular complexity index is 347. The van der Waals surface area contributed by atoms with Gasteiger partial charge in [-0.2, -0.15) is 0 Å². The van der Waals surface area contributed by atoms with E-state index in [1.165, 1.54) is 0 Å². The topological polar surface area (TPSA) is 36.2 Å². The van der Waals surface area contributed by atoms with Crippen molar-refractivity contribution in [2.75, 3.05) is 13.2 Å². The molecule has 0 aliphatic carbocycles. The molecule has 0 aromatic carbocycles. The zero-order valence-electron chi connectivity index (χ0n) is 8.48. The molecule has 2 rings (SSSR count). The fourth-order valence-corrected chi connectivity index (χ4v) is 1.84. The Labute approximate surface area is 83.1 Å². The molecular formula is C10H16N2O2. The fourth-order valence-electron chi connectivity index (χ4n) is 1.84. The van der Waals surface area contributed by atoms with Gasteiger partial charge in [0.05, 0.1) is 6.61 Å². The largest absolute Gasteiger partial charge is 0.381 e. The Kier molecular flexibility index (Phi) is 2.72. The molecule has 1 unspecified atom stereocenters. The summed E-state index contributed by atoms with van der Waals surface area (Å²) in [6.07, 6.45) is 4.78. The first-order valence-corrected chi connectivity index (χ1v) is 5.14. The quantitative estimate of drug-likeness (QED) is 0.713. The molecule has 0 bridgehead atoms. The van der Waals surface area contributed by atoms with E-state index in [4.69, 9.17) is 4.74 Å². The number of aryl methyl sites for hydroxylation is 1. The van der Waals surface area contributed by atoms with Gasteiger partial charge in [0.15, 0.2) is 0 Å². The summed E-state index contributed by atoms with van der Waals surface area (Å²) in [6.45, 7) is 5.15. The third-order valence-electron chi connectivity index (χ3n) is 2.74. The van der Waals surface area contributed by atoms with Crippen LogP contribution in [0.15, 0.2) is 17.2 Å². The van der Waals surface area contributed by atoms with E-state index >= 15 is 0 Å². The molecule has 1 aromatic rings. The number of imidazole rings is 1. The minimum atomic E-state index is 0.0967. The van der Waals surface area contributed by atoms with E-state index in [2.05, 4.69) is 0 Å². The second-order valence-corrected chi connectivity index (χ2v) is 3.75. The highest BCUT2D eigenvalue weighted by molar-refractivity contribution is 4.82. The smallest absolute Gasteiger partial charge is 0.328 e. The molecule has 0 saturated carbocycles. The molecule has 1 saturated heterocycles. The Morgan fingerprint density at radius 2 is 2.29 bits per heavy atom. The standard InChI is InChI=1S/C10H16N2O2/c1-2-11-4-5-12(10(11)13)7-9-3-6-14-8-9/h4-5,9H,2-3,6-8H2,1H3. The van der Waals surface area contributed by atoms with Crippen molar-refractivity contribution in [3.63, 3.8) is 0 Å². The summed E-state index contributed by atoms with van der Waals surface area (Å²) >= 11 is 0. The molecular weight excluding hydrogens is 180 g/mol. The summed E-state index contributed by atoms with van der Waals surface area (Å²) in [5, 5.41) is 0. The third-order valence-corrected chi connectivity index (χ3v) is 2.74. The van der Waals surface area contributed by atoms with E-state index in [-0.39, 0.29) is 5.69 Å². The van der Waals surface area contributed by atoms with Crippen LogP contribution in [0.2, 0.25) is 0 Å². The molecule has 2 heterocycles. The molecule has 4 nitrogen and oxygen atoms in total. The molecule has 0 radical (unpaired) electrons. The molecule has 14 heavy (non-hydrogen) atoms. The highest BCUT2D eigenvalue weighted by Crippen LogP contribution is 2.13. The third kappa shape index (κ3) is 1.75. The van der Waals surface area contributed by atoms with Gasteiger partial charge in [-0.1, -0.05) is 0 Å². The predicted octanol–water partition coefficient (Wildman–Crippen LogP) is 0.706. The van der Waals surface area contributed by atoms with Gasteiger partial charge >= 0.3 is 5.69 Å². The number of nitrogens with zero attached hydrogens (tertiary/aromatic N) is 2. The van der Waals surface area contributed by atoms with Gasteiger partial charge in [-0.05, 0) is 13.3 Å². The zero-order chi connectivity index (χ0) is 9.97. The first-order chi connectivity index (χ1) is 6.81. The van der Waals surface area contributed by atoms with Crippen molar-refractivity contribution in [1.82, 2.24) is 9.13 Å². The molecule has 0 amide bonds. The lowest BCUT2D eigenvalue weighted by Gasteiger charge is -2.06. The lowest BCUT2D eigenvalue weighted by molar-refractivity contribution is 0.182. The van der Waals surface area contributed by atoms with Crippen LogP contribution in [0.4, 0.5) is 0 Å². The van der Waals surface area contributed by atoms with Gasteiger partial charge in [0.25, 0.3) is 0 Å². The molecule has 4 heteroatoms. The summed E-state index contributed by atoms with van der Waals surface area (Å²) < 4.78 is 8.78. The van der Waals surface area contributed by atoms with Crippen LogP contribution >= 0.6 is 0 Å². The van der Waals surface area contributed by atoms with Gasteiger partial charge in [-0.3, -0.25) is 9.13 Å². The van der Waals surface area contributed by atoms with Crippen molar-refractivity contribution in [2.45, 2.75) is 26.4 Å². The van der Waals surface area contributed by atoms with Crippen LogP contribution in [0, 0.1) is 5.92 Å². The molecule has 0 N–H and O–H groups in total. The number of ether oxygens (including phenoxy) is 1. The number of aromatic nitrogens is 2. The number of hydrogen-bond acceptors (Lipinski definition) is 2. The van der Waals surface area contributed by atoms with Crippen LogP contribution < -0.4 is 5.69 Å². The predicted molar refractivity (Wildman–Crippen MR) is 53.3 cm³/mol. The second kappa shape index (κ2) is 4.00. The van der Waals surface area contributed by atoms with E-state index in [0.29, 0.717) is 5.92 Å². The zero-order valence-corrected chi connectivity index (χ0v) is 8.48. The lowest BCUT2D eigenvalue weighted by atomic mass is 10.1. The lowest BCUT2D eigenvalue weighted by Crippen LogP contribution is -2.26. The summed E-state index contributed by atoms with van der Waals surface area (Å²) in [4.78, 5) is 11.7. The summed E-state index contributed by atoms with van der Waals surface area (Å²) in [6, 6.07) is 0. The highest BCUT2D eigenvalue weighted by Gasteiger charge is 2.17. The molecule has 1 aliphatic heterocycles. The average molecular weight is 196 g/mol. The maximum Gasteiger partial charge on any atom is 0.328 e. The summed E-state index contributed by atoms with van der Waals surface area (Å²) in [5.74, 6) is 0.514. The van der Waals surface area contributed by atoms with Gasteiger partial charge in [0, 0.05) is 38.0 Å². The van der Waals surface area contributed by atoms with Gasteiger partial charge in [-0.15, -0.1) is 0 Å². The Morgan fingerprint density at radius 1 is 1.50 bits per heavy atom. The van der Waals surface area contributed by atoms with E-state index in [1.54, 1.807) is 9.13 Å². The van der Waals surface area contributed by atoms with Gasteiger partial charge in [0.1, 0.15) is 0 Å². The Hall–Kier alpha value is -1.03. The molecule has 78 valence electrons. The van der Waals surface area contributed by atoms with Crippen molar-refractivity contribution in [3.8, 4) is 0 Å². The Morgan fingerprint density at radius 3 is 2.86 bits per heavy atom. The van der Waals surface area contributed by atoms with Crippen LogP contribution in [0.3, 0.4) is 0 Å². The van der Waals surface area contributed by atoms with Crippen LogP contribution in [-0.4, -0.2) is 22.3 Å². The van der Waals surface area contributed by atoms with Crippen molar-refractivity contribution in [2.24, 2.45) is 5.92 Å². The molecule has 1 atom stereocenters. The highest BCUT2D eigenvalue weighted by atomic mass is 16.5. The molecule has 1 fully saturated rings. The van der Waals surface area contributed by atoms with Gasteiger partial charge in [-0.25, -0.2) is 4.79 Å². The fraction of sp³-hybridized carbons (Fsp3) is 0.700. The normalized spacial score (nSPS) is 21.6. The van der Waals surface area contributed by atoms with Crippen LogP contribution in [0.1, 0.15) is 13.3 Å². The van der Waals surface area contributed by atoms with Crippen molar-refractivity contribution in [1.29, 1.82) is 0 Å². The monoisotopic (exact) mass is 196 g/mol. The summed E-state index contributed by atoms with van der Waals surface area (Å²) in [7, 11) is 0. The minimum absolute atomic E-state index is 0.0967. The van der Waals surface area contributed by atoms with E-state index in [0.717, 1.165) is 32.7 Å². The second-order valence-electron chi connectivity index (χ2n) is 3.75. The van der Waals surface area contributed by atoms with E-state index in [9.17, 15) is 4.79 Å². The number of rotatable bonds is 3. The Balaban J connectivity index is 2.08. The molecule has 0 spiro atoms. The number of hydrogen-bond donors (Lipinski definition) is 0. The summed E-state index contributed by atoms with van der Waals surface area (Å²) in [5.41, 5.74) is 0.0967. The van der Waals surface area contributed by atoms with Crippen LogP contribution in [0.25, 0.3) is 0 Å². The molecule has 1 aromatic heterocycles. The van der Waals surface area contributed by atoms with Crippen molar-refractivity contribution in [3.05, 3.63) is 22.9 Å². The van der Waals surface area contributed by atoms with Gasteiger partial charge in [0.2, 0.25) is 0 Å². The average Bonchev–Trinajstić information content (AvgIpc) is 2.79.